The number of carbonyl (C=O) groups excluding carboxylic acids is 1. The second-order valence-corrected chi connectivity index (χ2v) is 6.14. The van der Waals surface area contributed by atoms with Gasteiger partial charge in [0.15, 0.2) is 11.5 Å². The largest absolute Gasteiger partial charge is 0.493 e. The zero-order valence-corrected chi connectivity index (χ0v) is 16.2. The molecule has 0 aliphatic heterocycles. The number of carbonyl (C=O) groups is 1. The molecule has 6 nitrogen and oxygen atoms in total. The standard InChI is InChI=1S/C20H24F2N2O4/c1-13(19(25)23-15-7-5-6-8-16(15)28-20(21)22)24(2)12-14-9-10-17(26-3)18(11-14)27-4/h5-11,13,20H,12H2,1-4H3,(H,23,25). The van der Waals surface area contributed by atoms with Gasteiger partial charge >= 0.3 is 6.61 Å². The van der Waals surface area contributed by atoms with Gasteiger partial charge in [0.25, 0.3) is 0 Å². The predicted molar refractivity (Wildman–Crippen MR) is 102 cm³/mol. The highest BCUT2D eigenvalue weighted by molar-refractivity contribution is 5.95. The number of hydrogen-bond acceptors (Lipinski definition) is 5. The third-order valence-electron chi connectivity index (χ3n) is 4.28. The van der Waals surface area contributed by atoms with Gasteiger partial charge in [0.05, 0.1) is 25.9 Å². The van der Waals surface area contributed by atoms with Gasteiger partial charge in [0, 0.05) is 6.54 Å². The molecule has 0 aliphatic carbocycles. The number of rotatable bonds is 9. The minimum Gasteiger partial charge on any atom is -0.493 e. The second kappa shape index (κ2) is 9.89. The van der Waals surface area contributed by atoms with Crippen LogP contribution in [0.3, 0.4) is 0 Å². The van der Waals surface area contributed by atoms with E-state index < -0.39 is 12.7 Å². The van der Waals surface area contributed by atoms with E-state index >= 15 is 0 Å². The normalized spacial score (nSPS) is 12.0. The molecule has 2 aromatic carbocycles. The lowest BCUT2D eigenvalue weighted by molar-refractivity contribution is -0.120. The molecular formula is C20H24F2N2O4. The van der Waals surface area contributed by atoms with E-state index in [4.69, 9.17) is 9.47 Å². The van der Waals surface area contributed by atoms with Crippen molar-refractivity contribution in [2.24, 2.45) is 0 Å². The highest BCUT2D eigenvalue weighted by atomic mass is 19.3. The van der Waals surface area contributed by atoms with Crippen molar-refractivity contribution in [3.8, 4) is 17.2 Å². The lowest BCUT2D eigenvalue weighted by atomic mass is 10.1. The van der Waals surface area contributed by atoms with E-state index in [1.54, 1.807) is 46.4 Å². The van der Waals surface area contributed by atoms with Gasteiger partial charge in [0.2, 0.25) is 5.91 Å². The van der Waals surface area contributed by atoms with Crippen LogP contribution in [0.5, 0.6) is 17.2 Å². The summed E-state index contributed by atoms with van der Waals surface area (Å²) in [6, 6.07) is 11.1. The Bertz CT molecular complexity index is 802. The molecule has 0 fully saturated rings. The molecule has 0 radical (unpaired) electrons. The Morgan fingerprint density at radius 2 is 1.75 bits per heavy atom. The molecule has 8 heteroatoms. The summed E-state index contributed by atoms with van der Waals surface area (Å²) >= 11 is 0. The van der Waals surface area contributed by atoms with Crippen molar-refractivity contribution >= 4 is 11.6 Å². The van der Waals surface area contributed by atoms with Crippen molar-refractivity contribution in [2.45, 2.75) is 26.1 Å². The molecule has 28 heavy (non-hydrogen) atoms. The van der Waals surface area contributed by atoms with E-state index in [2.05, 4.69) is 10.1 Å². The van der Waals surface area contributed by atoms with Gasteiger partial charge in [-0.25, -0.2) is 0 Å². The van der Waals surface area contributed by atoms with Gasteiger partial charge in [0.1, 0.15) is 5.75 Å². The Labute approximate surface area is 163 Å². The maximum atomic E-state index is 12.6. The first kappa shape index (κ1) is 21.4. The molecule has 1 atom stereocenters. The van der Waals surface area contributed by atoms with E-state index in [0.29, 0.717) is 18.0 Å². The number of ether oxygens (including phenoxy) is 3. The van der Waals surface area contributed by atoms with Crippen LogP contribution in [0, 0.1) is 0 Å². The fourth-order valence-electron chi connectivity index (χ4n) is 2.61. The van der Waals surface area contributed by atoms with Gasteiger partial charge in [-0.3, -0.25) is 9.69 Å². The first-order chi connectivity index (χ1) is 13.3. The molecule has 0 bridgehead atoms. The van der Waals surface area contributed by atoms with Crippen molar-refractivity contribution in [3.63, 3.8) is 0 Å². The zero-order chi connectivity index (χ0) is 20.7. The summed E-state index contributed by atoms with van der Waals surface area (Å²) in [4.78, 5) is 14.4. The van der Waals surface area contributed by atoms with E-state index in [-0.39, 0.29) is 17.3 Å². The summed E-state index contributed by atoms with van der Waals surface area (Å²) < 4.78 is 40.0. The zero-order valence-electron chi connectivity index (χ0n) is 16.2. The average Bonchev–Trinajstić information content (AvgIpc) is 2.68. The molecule has 0 aliphatic rings. The Hall–Kier alpha value is -2.87. The van der Waals surface area contributed by atoms with Crippen LogP contribution in [0.25, 0.3) is 0 Å². The Kier molecular flexibility index (Phi) is 7.57. The molecule has 1 amide bonds. The molecule has 0 saturated carbocycles. The molecule has 0 heterocycles. The number of benzene rings is 2. The predicted octanol–water partition coefficient (Wildman–Crippen LogP) is 3.76. The van der Waals surface area contributed by atoms with Gasteiger partial charge in [-0.15, -0.1) is 0 Å². The Balaban J connectivity index is 2.05. The van der Waals surface area contributed by atoms with Crippen LogP contribution >= 0.6 is 0 Å². The van der Waals surface area contributed by atoms with E-state index in [1.165, 1.54) is 12.1 Å². The van der Waals surface area contributed by atoms with Crippen LogP contribution < -0.4 is 19.5 Å². The summed E-state index contributed by atoms with van der Waals surface area (Å²) in [6.07, 6.45) is 0. The highest BCUT2D eigenvalue weighted by Gasteiger charge is 2.20. The summed E-state index contributed by atoms with van der Waals surface area (Å²) in [6.45, 7) is -0.764. The Morgan fingerprint density at radius 3 is 2.39 bits per heavy atom. The quantitative estimate of drug-likeness (QED) is 0.702. The molecule has 0 aromatic heterocycles. The monoisotopic (exact) mass is 394 g/mol. The fraction of sp³-hybridized carbons (Fsp3) is 0.350. The number of nitrogens with one attached hydrogen (secondary N) is 1. The highest BCUT2D eigenvalue weighted by Crippen LogP contribution is 2.28. The van der Waals surface area contributed by atoms with Crippen LogP contribution in [0.2, 0.25) is 0 Å². The molecule has 1 unspecified atom stereocenters. The summed E-state index contributed by atoms with van der Waals surface area (Å²) in [5.41, 5.74) is 1.13. The SMILES string of the molecule is COc1ccc(CN(C)C(C)C(=O)Nc2ccccc2OC(F)F)cc1OC. The third kappa shape index (κ3) is 5.56. The number of halogens is 2. The van der Waals surface area contributed by atoms with Crippen molar-refractivity contribution in [2.75, 3.05) is 26.6 Å². The first-order valence-electron chi connectivity index (χ1n) is 8.61. The van der Waals surface area contributed by atoms with Crippen molar-refractivity contribution < 1.29 is 27.8 Å². The van der Waals surface area contributed by atoms with Crippen LogP contribution in [-0.4, -0.2) is 44.7 Å². The lowest BCUT2D eigenvalue weighted by Gasteiger charge is -2.24. The molecule has 2 rings (SSSR count). The number of methoxy groups -OCH3 is 2. The number of nitrogens with zero attached hydrogens (tertiary/aromatic N) is 1. The summed E-state index contributed by atoms with van der Waals surface area (Å²) in [5, 5.41) is 2.64. The number of hydrogen-bond donors (Lipinski definition) is 1. The minimum atomic E-state index is -2.97. The molecule has 0 saturated heterocycles. The van der Waals surface area contributed by atoms with E-state index in [1.807, 2.05) is 17.0 Å². The Morgan fingerprint density at radius 1 is 1.07 bits per heavy atom. The van der Waals surface area contributed by atoms with Gasteiger partial charge in [-0.1, -0.05) is 18.2 Å². The van der Waals surface area contributed by atoms with Crippen molar-refractivity contribution in [3.05, 3.63) is 48.0 Å². The summed E-state index contributed by atoms with van der Waals surface area (Å²) in [5.74, 6) is 0.799. The smallest absolute Gasteiger partial charge is 0.387 e. The molecular weight excluding hydrogens is 370 g/mol. The van der Waals surface area contributed by atoms with Gasteiger partial charge in [-0.05, 0) is 43.8 Å². The van der Waals surface area contributed by atoms with Gasteiger partial charge < -0.3 is 19.5 Å². The average molecular weight is 394 g/mol. The third-order valence-corrected chi connectivity index (χ3v) is 4.28. The van der Waals surface area contributed by atoms with Crippen molar-refractivity contribution in [1.29, 1.82) is 0 Å². The van der Waals surface area contributed by atoms with Crippen molar-refractivity contribution in [1.82, 2.24) is 4.90 Å². The summed E-state index contributed by atoms with van der Waals surface area (Å²) in [7, 11) is 4.91. The molecule has 1 N–H and O–H groups in total. The lowest BCUT2D eigenvalue weighted by Crippen LogP contribution is -2.39. The van der Waals surface area contributed by atoms with E-state index in [0.717, 1.165) is 5.56 Å². The van der Waals surface area contributed by atoms with Gasteiger partial charge in [-0.2, -0.15) is 8.78 Å². The number of para-hydroxylation sites is 2. The first-order valence-corrected chi connectivity index (χ1v) is 8.61. The maximum Gasteiger partial charge on any atom is 0.387 e. The van der Waals surface area contributed by atoms with E-state index in [9.17, 15) is 13.6 Å². The molecule has 2 aromatic rings. The van der Waals surface area contributed by atoms with Crippen LogP contribution in [-0.2, 0) is 11.3 Å². The number of alkyl halides is 2. The second-order valence-electron chi connectivity index (χ2n) is 6.14. The fourth-order valence-corrected chi connectivity index (χ4v) is 2.61. The number of anilines is 1. The van der Waals surface area contributed by atoms with Crippen LogP contribution in [0.15, 0.2) is 42.5 Å². The molecule has 0 spiro atoms. The van der Waals surface area contributed by atoms with Crippen LogP contribution in [0.1, 0.15) is 12.5 Å². The number of amides is 1. The van der Waals surface area contributed by atoms with Crippen LogP contribution in [0.4, 0.5) is 14.5 Å². The number of likely N-dealkylation sites (N-methyl/N-ethyl adjacent to an activating group) is 1. The minimum absolute atomic E-state index is 0.0828. The molecule has 152 valence electrons. The topological polar surface area (TPSA) is 60.0 Å². The maximum absolute atomic E-state index is 12.6.